The molecular weight excluding hydrogens is 416 g/mol. The van der Waals surface area contributed by atoms with Crippen molar-refractivity contribution in [2.75, 3.05) is 23.3 Å². The van der Waals surface area contributed by atoms with E-state index in [1.54, 1.807) is 6.33 Å². The van der Waals surface area contributed by atoms with Crippen molar-refractivity contribution in [3.8, 4) is 11.3 Å². The van der Waals surface area contributed by atoms with Crippen LogP contribution in [-0.4, -0.2) is 29.0 Å². The number of hydrogen-bond acceptors (Lipinski definition) is 4. The average Bonchev–Trinajstić information content (AvgIpc) is 2.75. The maximum Gasteiger partial charge on any atom is 0.227 e. The number of rotatable bonds is 4. The SMILES string of the molecule is O=C(Nc1cccc(Br)c1)C1CCN(c2cc(-c3ccccc3)ncn2)CC1. The molecule has 0 saturated carbocycles. The molecule has 0 spiro atoms. The Morgan fingerprint density at radius 2 is 1.79 bits per heavy atom. The van der Waals surface area contributed by atoms with Crippen LogP contribution in [0.5, 0.6) is 0 Å². The van der Waals surface area contributed by atoms with Crippen LogP contribution < -0.4 is 10.2 Å². The summed E-state index contributed by atoms with van der Waals surface area (Å²) < 4.78 is 0.957. The van der Waals surface area contributed by atoms with Gasteiger partial charge in [-0.1, -0.05) is 52.3 Å². The van der Waals surface area contributed by atoms with E-state index in [2.05, 4.69) is 36.1 Å². The van der Waals surface area contributed by atoms with E-state index in [9.17, 15) is 4.79 Å². The molecule has 1 saturated heterocycles. The average molecular weight is 437 g/mol. The minimum atomic E-state index is 0.0191. The lowest BCUT2D eigenvalue weighted by Gasteiger charge is -2.32. The van der Waals surface area contributed by atoms with Gasteiger partial charge in [-0.25, -0.2) is 9.97 Å². The number of aromatic nitrogens is 2. The second-order valence-corrected chi connectivity index (χ2v) is 7.80. The van der Waals surface area contributed by atoms with E-state index in [-0.39, 0.29) is 11.8 Å². The third-order valence-electron chi connectivity index (χ3n) is 5.00. The number of anilines is 2. The van der Waals surface area contributed by atoms with E-state index in [1.165, 1.54) is 0 Å². The lowest BCUT2D eigenvalue weighted by Crippen LogP contribution is -2.38. The zero-order chi connectivity index (χ0) is 19.3. The fraction of sp³-hybridized carbons (Fsp3) is 0.227. The molecule has 4 rings (SSSR count). The Bertz CT molecular complexity index is 956. The Kier molecular flexibility index (Phi) is 5.67. The molecular formula is C22H21BrN4O. The summed E-state index contributed by atoms with van der Waals surface area (Å²) in [6.45, 7) is 1.61. The van der Waals surface area contributed by atoms with E-state index in [0.29, 0.717) is 0 Å². The zero-order valence-corrected chi connectivity index (χ0v) is 17.0. The van der Waals surface area contributed by atoms with Crippen LogP contribution in [0.4, 0.5) is 11.5 Å². The summed E-state index contributed by atoms with van der Waals surface area (Å²) in [5, 5.41) is 3.02. The quantitative estimate of drug-likeness (QED) is 0.640. The van der Waals surface area contributed by atoms with Gasteiger partial charge in [-0.2, -0.15) is 0 Å². The summed E-state index contributed by atoms with van der Waals surface area (Å²) in [6.07, 6.45) is 3.23. The molecule has 1 fully saturated rings. The lowest BCUT2D eigenvalue weighted by molar-refractivity contribution is -0.120. The van der Waals surface area contributed by atoms with Crippen molar-refractivity contribution in [1.82, 2.24) is 9.97 Å². The number of nitrogens with zero attached hydrogens (tertiary/aromatic N) is 3. The van der Waals surface area contributed by atoms with Crippen molar-refractivity contribution in [1.29, 1.82) is 0 Å². The summed E-state index contributed by atoms with van der Waals surface area (Å²) in [4.78, 5) is 23.7. The maximum atomic E-state index is 12.6. The predicted molar refractivity (Wildman–Crippen MR) is 115 cm³/mol. The van der Waals surface area contributed by atoms with Gasteiger partial charge in [0.05, 0.1) is 5.69 Å². The molecule has 1 amide bonds. The van der Waals surface area contributed by atoms with Gasteiger partial charge in [0.1, 0.15) is 12.1 Å². The first-order valence-electron chi connectivity index (χ1n) is 9.38. The number of carbonyl (C=O) groups is 1. The Balaban J connectivity index is 1.38. The van der Waals surface area contributed by atoms with Crippen LogP contribution in [0.2, 0.25) is 0 Å². The number of benzene rings is 2. The van der Waals surface area contributed by atoms with Crippen LogP contribution in [0.25, 0.3) is 11.3 Å². The van der Waals surface area contributed by atoms with Crippen molar-refractivity contribution in [3.05, 3.63) is 71.5 Å². The van der Waals surface area contributed by atoms with Gasteiger partial charge in [0.25, 0.3) is 0 Å². The molecule has 3 aromatic rings. The minimum absolute atomic E-state index is 0.0191. The molecule has 1 aliphatic heterocycles. The Hall–Kier alpha value is -2.73. The van der Waals surface area contributed by atoms with E-state index in [0.717, 1.165) is 53.2 Å². The lowest BCUT2D eigenvalue weighted by atomic mass is 9.95. The topological polar surface area (TPSA) is 58.1 Å². The molecule has 0 radical (unpaired) electrons. The monoisotopic (exact) mass is 436 g/mol. The van der Waals surface area contributed by atoms with Gasteiger partial charge in [0.15, 0.2) is 0 Å². The van der Waals surface area contributed by atoms with Gasteiger partial charge in [-0.15, -0.1) is 0 Å². The van der Waals surface area contributed by atoms with Gasteiger partial charge < -0.3 is 10.2 Å². The Morgan fingerprint density at radius 1 is 1.00 bits per heavy atom. The molecule has 6 heteroatoms. The van der Waals surface area contributed by atoms with Crippen molar-refractivity contribution >= 4 is 33.3 Å². The van der Waals surface area contributed by atoms with Gasteiger partial charge in [0.2, 0.25) is 5.91 Å². The van der Waals surface area contributed by atoms with E-state index >= 15 is 0 Å². The van der Waals surface area contributed by atoms with Crippen molar-refractivity contribution in [2.24, 2.45) is 5.92 Å². The fourth-order valence-corrected chi connectivity index (χ4v) is 3.87. The number of carbonyl (C=O) groups excluding carboxylic acids is 1. The van der Waals surface area contributed by atoms with Crippen LogP contribution in [0.1, 0.15) is 12.8 Å². The van der Waals surface area contributed by atoms with E-state index < -0.39 is 0 Å². The van der Waals surface area contributed by atoms with Gasteiger partial charge >= 0.3 is 0 Å². The van der Waals surface area contributed by atoms with Gasteiger partial charge in [0, 0.05) is 40.8 Å². The highest BCUT2D eigenvalue weighted by Gasteiger charge is 2.26. The summed E-state index contributed by atoms with van der Waals surface area (Å²) in [5.74, 6) is 1.02. The second kappa shape index (κ2) is 8.52. The largest absolute Gasteiger partial charge is 0.356 e. The first-order chi connectivity index (χ1) is 13.7. The summed E-state index contributed by atoms with van der Waals surface area (Å²) in [6, 6.07) is 19.8. The van der Waals surface area contributed by atoms with Gasteiger partial charge in [-0.05, 0) is 31.0 Å². The molecule has 28 heavy (non-hydrogen) atoms. The molecule has 5 nitrogen and oxygen atoms in total. The van der Waals surface area contributed by atoms with Crippen LogP contribution in [0, 0.1) is 5.92 Å². The predicted octanol–water partition coefficient (Wildman–Crippen LogP) is 4.76. The molecule has 0 unspecified atom stereocenters. The highest BCUT2D eigenvalue weighted by molar-refractivity contribution is 9.10. The minimum Gasteiger partial charge on any atom is -0.356 e. The van der Waals surface area contributed by atoms with E-state index in [4.69, 9.17) is 0 Å². The third-order valence-corrected chi connectivity index (χ3v) is 5.50. The van der Waals surface area contributed by atoms with Crippen LogP contribution in [0.3, 0.4) is 0 Å². The van der Waals surface area contributed by atoms with Gasteiger partial charge in [-0.3, -0.25) is 4.79 Å². The summed E-state index contributed by atoms with van der Waals surface area (Å²) in [5.41, 5.74) is 2.82. The Labute approximate surface area is 173 Å². The standard InChI is InChI=1S/C22H21BrN4O/c23-18-7-4-8-19(13-18)26-22(28)17-9-11-27(12-10-17)21-14-20(24-15-25-21)16-5-2-1-3-6-16/h1-8,13-15,17H,9-12H2,(H,26,28). The number of piperidine rings is 1. The highest BCUT2D eigenvalue weighted by atomic mass is 79.9. The fourth-order valence-electron chi connectivity index (χ4n) is 3.47. The molecule has 1 N–H and O–H groups in total. The van der Waals surface area contributed by atoms with Crippen LogP contribution in [0.15, 0.2) is 71.5 Å². The molecule has 2 aromatic carbocycles. The summed E-state index contributed by atoms with van der Waals surface area (Å²) >= 11 is 3.43. The second-order valence-electron chi connectivity index (χ2n) is 6.89. The molecule has 0 atom stereocenters. The molecule has 1 aromatic heterocycles. The first kappa shape index (κ1) is 18.6. The highest BCUT2D eigenvalue weighted by Crippen LogP contribution is 2.26. The van der Waals surface area contributed by atoms with Crippen molar-refractivity contribution in [3.63, 3.8) is 0 Å². The number of amides is 1. The first-order valence-corrected chi connectivity index (χ1v) is 10.2. The molecule has 142 valence electrons. The molecule has 2 heterocycles. The van der Waals surface area contributed by atoms with Crippen molar-refractivity contribution in [2.45, 2.75) is 12.8 Å². The molecule has 0 bridgehead atoms. The Morgan fingerprint density at radius 3 is 2.54 bits per heavy atom. The smallest absolute Gasteiger partial charge is 0.227 e. The van der Waals surface area contributed by atoms with Crippen LogP contribution >= 0.6 is 15.9 Å². The molecule has 1 aliphatic rings. The number of halogens is 1. The number of hydrogen-bond donors (Lipinski definition) is 1. The summed E-state index contributed by atoms with van der Waals surface area (Å²) in [7, 11) is 0. The zero-order valence-electron chi connectivity index (χ0n) is 15.4. The maximum absolute atomic E-state index is 12.6. The number of nitrogens with one attached hydrogen (secondary N) is 1. The van der Waals surface area contributed by atoms with E-state index in [1.807, 2.05) is 60.7 Å². The van der Waals surface area contributed by atoms with Crippen molar-refractivity contribution < 1.29 is 4.79 Å². The molecule has 0 aliphatic carbocycles. The van der Waals surface area contributed by atoms with Crippen LogP contribution in [-0.2, 0) is 4.79 Å². The normalized spacial score (nSPS) is 14.7. The third kappa shape index (κ3) is 4.39.